The van der Waals surface area contributed by atoms with E-state index >= 15 is 0 Å². The first-order valence-electron chi connectivity index (χ1n) is 6.87. The Labute approximate surface area is 136 Å². The van der Waals surface area contributed by atoms with Crippen LogP contribution in [0.5, 0.6) is 5.75 Å². The molecule has 1 aromatic rings. The van der Waals surface area contributed by atoms with E-state index in [4.69, 9.17) is 4.74 Å². The van der Waals surface area contributed by atoms with E-state index in [1.165, 1.54) is 17.2 Å². The van der Waals surface area contributed by atoms with Crippen LogP contribution < -0.4 is 0 Å². The summed E-state index contributed by atoms with van der Waals surface area (Å²) in [6.07, 6.45) is 12.7. The van der Waals surface area contributed by atoms with Crippen molar-refractivity contribution >= 4 is 21.8 Å². The number of rotatable bonds is 2. The highest BCUT2D eigenvalue weighted by molar-refractivity contribution is 9.10. The molecule has 0 bridgehead atoms. The summed E-state index contributed by atoms with van der Waals surface area (Å²) in [6, 6.07) is 4.67. The third-order valence-corrected chi connectivity index (χ3v) is 4.07. The topological polar surface area (TPSA) is 49.8 Å². The molecule has 112 valence electrons. The molecule has 5 heteroatoms. The van der Waals surface area contributed by atoms with E-state index in [-0.39, 0.29) is 11.7 Å². The predicted octanol–water partition coefficient (Wildman–Crippen LogP) is 4.22. The molecule has 2 aliphatic rings. The van der Waals surface area contributed by atoms with E-state index in [1.807, 2.05) is 12.2 Å². The highest BCUT2D eigenvalue weighted by Crippen LogP contribution is 2.27. The lowest BCUT2D eigenvalue weighted by atomic mass is 10.0. The van der Waals surface area contributed by atoms with E-state index < -0.39 is 0 Å². The molecule has 4 nitrogen and oxygen atoms in total. The SMILES string of the molecule is O=C(c1ccc(O)c(Br)c1)N1C=COC(C2=CC=CCC2)=C1. The maximum absolute atomic E-state index is 12.5. The first kappa shape index (κ1) is 14.7. The van der Waals surface area contributed by atoms with Gasteiger partial charge in [-0.05, 0) is 52.5 Å². The Morgan fingerprint density at radius 3 is 2.95 bits per heavy atom. The average molecular weight is 360 g/mol. The third-order valence-electron chi connectivity index (χ3n) is 3.43. The van der Waals surface area contributed by atoms with Gasteiger partial charge in [-0.3, -0.25) is 9.69 Å². The first-order valence-corrected chi connectivity index (χ1v) is 7.67. The molecule has 0 atom stereocenters. The van der Waals surface area contributed by atoms with Crippen molar-refractivity contribution in [2.24, 2.45) is 0 Å². The number of benzene rings is 1. The molecule has 0 radical (unpaired) electrons. The van der Waals surface area contributed by atoms with Crippen LogP contribution in [0.4, 0.5) is 0 Å². The number of ether oxygens (including phenoxy) is 1. The lowest BCUT2D eigenvalue weighted by Gasteiger charge is -2.22. The fourth-order valence-electron chi connectivity index (χ4n) is 2.25. The number of hydrogen-bond acceptors (Lipinski definition) is 3. The number of carbonyl (C=O) groups is 1. The quantitative estimate of drug-likeness (QED) is 0.859. The van der Waals surface area contributed by atoms with Crippen LogP contribution in [0.3, 0.4) is 0 Å². The number of hydrogen-bond donors (Lipinski definition) is 1. The van der Waals surface area contributed by atoms with Crippen molar-refractivity contribution in [3.8, 4) is 5.75 Å². The molecule has 0 saturated heterocycles. The van der Waals surface area contributed by atoms with Crippen LogP contribution >= 0.6 is 15.9 Å². The molecule has 3 rings (SSSR count). The van der Waals surface area contributed by atoms with Gasteiger partial charge in [0.25, 0.3) is 5.91 Å². The molecule has 0 fully saturated rings. The van der Waals surface area contributed by atoms with Crippen LogP contribution in [0.25, 0.3) is 0 Å². The molecule has 0 unspecified atom stereocenters. The van der Waals surface area contributed by atoms with Gasteiger partial charge in [0.15, 0.2) is 0 Å². The van der Waals surface area contributed by atoms with Gasteiger partial charge >= 0.3 is 0 Å². The Morgan fingerprint density at radius 2 is 2.23 bits per heavy atom. The molecule has 1 aliphatic heterocycles. The van der Waals surface area contributed by atoms with Gasteiger partial charge in [0, 0.05) is 11.8 Å². The standard InChI is InChI=1S/C17H14BrNO3/c18-14-10-13(6-7-15(14)20)17(21)19-8-9-22-16(11-19)12-4-2-1-3-5-12/h1-2,4,6-11,20H,3,5H2. The number of carbonyl (C=O) groups excluding carboxylic acids is 1. The van der Waals surface area contributed by atoms with Gasteiger partial charge in [0.05, 0.1) is 10.7 Å². The minimum absolute atomic E-state index is 0.101. The van der Waals surface area contributed by atoms with E-state index in [1.54, 1.807) is 24.5 Å². The summed E-state index contributed by atoms with van der Waals surface area (Å²) in [5, 5.41) is 9.52. The monoisotopic (exact) mass is 359 g/mol. The maximum Gasteiger partial charge on any atom is 0.262 e. The van der Waals surface area contributed by atoms with Gasteiger partial charge in [-0.2, -0.15) is 0 Å². The van der Waals surface area contributed by atoms with Crippen LogP contribution in [0.1, 0.15) is 23.2 Å². The Balaban J connectivity index is 1.85. The zero-order valence-electron chi connectivity index (χ0n) is 11.7. The van der Waals surface area contributed by atoms with Crippen molar-refractivity contribution in [2.75, 3.05) is 0 Å². The predicted molar refractivity (Wildman–Crippen MR) is 86.7 cm³/mol. The van der Waals surface area contributed by atoms with E-state index in [9.17, 15) is 9.90 Å². The third kappa shape index (κ3) is 2.99. The van der Waals surface area contributed by atoms with E-state index in [0.717, 1.165) is 18.4 Å². The molecular formula is C17H14BrNO3. The van der Waals surface area contributed by atoms with Gasteiger partial charge in [-0.1, -0.05) is 18.2 Å². The molecule has 1 heterocycles. The summed E-state index contributed by atoms with van der Waals surface area (Å²) in [7, 11) is 0. The fraction of sp³-hybridized carbons (Fsp3) is 0.118. The minimum Gasteiger partial charge on any atom is -0.507 e. The second-order valence-corrected chi connectivity index (χ2v) is 5.79. The molecule has 0 saturated carbocycles. The van der Waals surface area contributed by atoms with Gasteiger partial charge in [-0.25, -0.2) is 0 Å². The molecule has 0 spiro atoms. The molecule has 1 aliphatic carbocycles. The first-order chi connectivity index (χ1) is 10.6. The van der Waals surface area contributed by atoms with Crippen molar-refractivity contribution in [3.63, 3.8) is 0 Å². The Morgan fingerprint density at radius 1 is 1.36 bits per heavy atom. The van der Waals surface area contributed by atoms with Crippen LogP contribution in [0.2, 0.25) is 0 Å². The van der Waals surface area contributed by atoms with Crippen LogP contribution in [0, 0.1) is 0 Å². The summed E-state index contributed by atoms with van der Waals surface area (Å²) in [4.78, 5) is 14.0. The summed E-state index contributed by atoms with van der Waals surface area (Å²) in [5.74, 6) is 0.590. The lowest BCUT2D eigenvalue weighted by Crippen LogP contribution is -2.23. The number of aromatic hydroxyl groups is 1. The summed E-state index contributed by atoms with van der Waals surface area (Å²) in [6.45, 7) is 0. The summed E-state index contributed by atoms with van der Waals surface area (Å²) in [5.41, 5.74) is 1.54. The number of halogens is 1. The second kappa shape index (κ2) is 6.23. The van der Waals surface area contributed by atoms with Crippen molar-refractivity contribution < 1.29 is 14.6 Å². The van der Waals surface area contributed by atoms with Crippen LogP contribution in [0.15, 0.2) is 70.9 Å². The van der Waals surface area contributed by atoms with Crippen molar-refractivity contribution in [3.05, 3.63) is 76.5 Å². The van der Waals surface area contributed by atoms with Crippen molar-refractivity contribution in [1.29, 1.82) is 0 Å². The zero-order valence-corrected chi connectivity index (χ0v) is 13.3. The maximum atomic E-state index is 12.5. The molecule has 0 aromatic heterocycles. The highest BCUT2D eigenvalue weighted by Gasteiger charge is 2.19. The second-order valence-electron chi connectivity index (χ2n) is 4.93. The Bertz CT molecular complexity index is 731. The van der Waals surface area contributed by atoms with Crippen molar-refractivity contribution in [1.82, 2.24) is 4.90 Å². The van der Waals surface area contributed by atoms with Gasteiger partial charge in [0.1, 0.15) is 17.8 Å². The van der Waals surface area contributed by atoms with E-state index in [0.29, 0.717) is 15.8 Å². The zero-order chi connectivity index (χ0) is 15.5. The number of amides is 1. The van der Waals surface area contributed by atoms with Crippen LogP contribution in [-0.4, -0.2) is 15.9 Å². The van der Waals surface area contributed by atoms with Gasteiger partial charge in [-0.15, -0.1) is 0 Å². The number of phenolic OH excluding ortho intramolecular Hbond substituents is 1. The molecule has 1 aromatic carbocycles. The molecule has 1 N–H and O–H groups in total. The summed E-state index contributed by atoms with van der Waals surface area (Å²) >= 11 is 3.22. The lowest BCUT2D eigenvalue weighted by molar-refractivity contribution is 0.0855. The molecule has 22 heavy (non-hydrogen) atoms. The minimum atomic E-state index is -0.190. The van der Waals surface area contributed by atoms with Crippen molar-refractivity contribution in [2.45, 2.75) is 12.8 Å². The Kier molecular flexibility index (Phi) is 4.15. The van der Waals surface area contributed by atoms with Gasteiger partial charge < -0.3 is 9.84 Å². The fourth-order valence-corrected chi connectivity index (χ4v) is 2.63. The number of nitrogens with zero attached hydrogens (tertiary/aromatic N) is 1. The molecular weight excluding hydrogens is 346 g/mol. The summed E-state index contributed by atoms with van der Waals surface area (Å²) < 4.78 is 6.00. The van der Waals surface area contributed by atoms with Crippen LogP contribution in [-0.2, 0) is 4.74 Å². The average Bonchev–Trinajstić information content (AvgIpc) is 2.57. The largest absolute Gasteiger partial charge is 0.507 e. The smallest absolute Gasteiger partial charge is 0.262 e. The normalized spacial score (nSPS) is 16.9. The van der Waals surface area contributed by atoms with E-state index in [2.05, 4.69) is 22.0 Å². The number of allylic oxidation sites excluding steroid dienone is 4. The van der Waals surface area contributed by atoms with Gasteiger partial charge in [0.2, 0.25) is 0 Å². The molecule has 1 amide bonds. The number of phenols is 1. The highest BCUT2D eigenvalue weighted by atomic mass is 79.9. The Hall–Kier alpha value is -2.27.